The fourth-order valence-corrected chi connectivity index (χ4v) is 2.54. The van der Waals surface area contributed by atoms with E-state index in [1.54, 1.807) is 36.8 Å². The molecule has 0 bridgehead atoms. The lowest BCUT2D eigenvalue weighted by Gasteiger charge is -2.11. The monoisotopic (exact) mass is 284 g/mol. The first kappa shape index (κ1) is 13.1. The van der Waals surface area contributed by atoms with Gasteiger partial charge in [-0.25, -0.2) is 13.4 Å². The molecule has 0 spiro atoms. The van der Waals surface area contributed by atoms with Gasteiger partial charge in [-0.2, -0.15) is 0 Å². The van der Waals surface area contributed by atoms with Crippen LogP contribution in [0.3, 0.4) is 0 Å². The zero-order chi connectivity index (χ0) is 13.2. The number of benzene rings is 1. The van der Waals surface area contributed by atoms with Gasteiger partial charge in [0.25, 0.3) is 0 Å². The van der Waals surface area contributed by atoms with E-state index in [1.165, 1.54) is 6.26 Å². The SMILES string of the molecule is CS(=O)(=O)c1ccc(C(Cl)Cn2ccnc2)cc1. The highest BCUT2D eigenvalue weighted by molar-refractivity contribution is 7.90. The number of halogens is 1. The molecule has 96 valence electrons. The van der Waals surface area contributed by atoms with Crippen molar-refractivity contribution in [2.75, 3.05) is 6.26 Å². The number of aromatic nitrogens is 2. The summed E-state index contributed by atoms with van der Waals surface area (Å²) < 4.78 is 24.5. The summed E-state index contributed by atoms with van der Waals surface area (Å²) in [5, 5.41) is -0.215. The summed E-state index contributed by atoms with van der Waals surface area (Å²) in [7, 11) is -3.15. The molecular formula is C12H13ClN2O2S. The predicted molar refractivity (Wildman–Crippen MR) is 70.4 cm³/mol. The molecule has 2 rings (SSSR count). The van der Waals surface area contributed by atoms with Crippen molar-refractivity contribution in [2.45, 2.75) is 16.8 Å². The zero-order valence-corrected chi connectivity index (χ0v) is 11.4. The minimum absolute atomic E-state index is 0.215. The van der Waals surface area contributed by atoms with Gasteiger partial charge in [-0.05, 0) is 17.7 Å². The Labute approximate surface area is 111 Å². The molecule has 0 fully saturated rings. The van der Waals surface area contributed by atoms with E-state index < -0.39 is 9.84 Å². The topological polar surface area (TPSA) is 52.0 Å². The smallest absolute Gasteiger partial charge is 0.175 e. The summed E-state index contributed by atoms with van der Waals surface area (Å²) in [5.41, 5.74) is 0.887. The number of sulfone groups is 1. The summed E-state index contributed by atoms with van der Waals surface area (Å²) in [5.74, 6) is 0. The van der Waals surface area contributed by atoms with Crippen LogP contribution in [0.4, 0.5) is 0 Å². The number of hydrogen-bond acceptors (Lipinski definition) is 3. The Morgan fingerprint density at radius 2 is 2.00 bits per heavy atom. The van der Waals surface area contributed by atoms with E-state index in [1.807, 2.05) is 10.8 Å². The van der Waals surface area contributed by atoms with Gasteiger partial charge >= 0.3 is 0 Å². The summed E-state index contributed by atoms with van der Waals surface area (Å²) in [6.45, 7) is 0.597. The molecule has 0 saturated carbocycles. The molecule has 0 aliphatic heterocycles. The van der Waals surface area contributed by atoms with E-state index in [9.17, 15) is 8.42 Å². The van der Waals surface area contributed by atoms with Crippen molar-refractivity contribution in [3.8, 4) is 0 Å². The van der Waals surface area contributed by atoms with Gasteiger partial charge in [-0.1, -0.05) is 12.1 Å². The minimum Gasteiger partial charge on any atom is -0.336 e. The lowest BCUT2D eigenvalue weighted by Crippen LogP contribution is -2.03. The normalized spacial score (nSPS) is 13.4. The summed E-state index contributed by atoms with van der Waals surface area (Å²) in [6, 6.07) is 6.64. The van der Waals surface area contributed by atoms with Gasteiger partial charge in [-0.15, -0.1) is 11.6 Å². The van der Waals surface area contributed by atoms with E-state index in [0.29, 0.717) is 11.4 Å². The van der Waals surface area contributed by atoms with Crippen LogP contribution >= 0.6 is 11.6 Å². The number of alkyl halides is 1. The van der Waals surface area contributed by atoms with Crippen LogP contribution in [-0.2, 0) is 16.4 Å². The van der Waals surface area contributed by atoms with Crippen LogP contribution in [-0.4, -0.2) is 24.2 Å². The molecule has 6 heteroatoms. The highest BCUT2D eigenvalue weighted by Crippen LogP contribution is 2.23. The van der Waals surface area contributed by atoms with Crippen molar-refractivity contribution in [1.82, 2.24) is 9.55 Å². The lowest BCUT2D eigenvalue weighted by molar-refractivity contribution is 0.601. The number of nitrogens with zero attached hydrogens (tertiary/aromatic N) is 2. The van der Waals surface area contributed by atoms with Crippen molar-refractivity contribution in [2.24, 2.45) is 0 Å². The second-order valence-corrected chi connectivity index (χ2v) is 6.61. The number of imidazole rings is 1. The van der Waals surface area contributed by atoms with Gasteiger partial charge in [-0.3, -0.25) is 0 Å². The molecule has 1 aromatic carbocycles. The molecule has 0 radical (unpaired) electrons. The van der Waals surface area contributed by atoms with Gasteiger partial charge in [0, 0.05) is 25.2 Å². The Morgan fingerprint density at radius 3 is 2.50 bits per heavy atom. The van der Waals surface area contributed by atoms with Crippen LogP contribution in [0.1, 0.15) is 10.9 Å². The lowest BCUT2D eigenvalue weighted by atomic mass is 10.1. The van der Waals surface area contributed by atoms with Gasteiger partial charge in [0.1, 0.15) is 0 Å². The van der Waals surface area contributed by atoms with Crippen molar-refractivity contribution < 1.29 is 8.42 Å². The van der Waals surface area contributed by atoms with Crippen LogP contribution in [0.2, 0.25) is 0 Å². The predicted octanol–water partition coefficient (Wildman–Crippen LogP) is 2.27. The third kappa shape index (κ3) is 3.11. The molecule has 0 N–H and O–H groups in total. The second kappa shape index (κ2) is 5.12. The molecule has 1 heterocycles. The molecule has 0 saturated heterocycles. The number of rotatable bonds is 4. The van der Waals surface area contributed by atoms with Crippen LogP contribution in [0, 0.1) is 0 Å². The zero-order valence-electron chi connectivity index (χ0n) is 9.82. The third-order valence-corrected chi connectivity index (χ3v) is 4.12. The van der Waals surface area contributed by atoms with Crippen molar-refractivity contribution >= 4 is 21.4 Å². The van der Waals surface area contributed by atoms with Gasteiger partial charge in [0.15, 0.2) is 9.84 Å². The van der Waals surface area contributed by atoms with Gasteiger partial charge in [0.05, 0.1) is 16.6 Å². The maximum Gasteiger partial charge on any atom is 0.175 e. The first-order valence-corrected chi connectivity index (χ1v) is 7.69. The van der Waals surface area contributed by atoms with Crippen molar-refractivity contribution in [3.63, 3.8) is 0 Å². The molecule has 0 amide bonds. The van der Waals surface area contributed by atoms with Crippen molar-refractivity contribution in [3.05, 3.63) is 48.5 Å². The largest absolute Gasteiger partial charge is 0.336 e. The number of hydrogen-bond donors (Lipinski definition) is 0. The van der Waals surface area contributed by atoms with Crippen LogP contribution in [0.5, 0.6) is 0 Å². The Morgan fingerprint density at radius 1 is 1.33 bits per heavy atom. The van der Waals surface area contributed by atoms with E-state index >= 15 is 0 Å². The fraction of sp³-hybridized carbons (Fsp3) is 0.250. The molecule has 1 atom stereocenters. The van der Waals surface area contributed by atoms with Gasteiger partial charge in [0.2, 0.25) is 0 Å². The van der Waals surface area contributed by atoms with Gasteiger partial charge < -0.3 is 4.57 Å². The first-order chi connectivity index (χ1) is 8.47. The summed E-state index contributed by atoms with van der Waals surface area (Å²) in [4.78, 5) is 4.24. The Bertz CT molecular complexity index is 606. The molecule has 1 unspecified atom stereocenters. The highest BCUT2D eigenvalue weighted by Gasteiger charge is 2.11. The molecule has 1 aromatic heterocycles. The molecule has 4 nitrogen and oxygen atoms in total. The van der Waals surface area contributed by atoms with E-state index in [4.69, 9.17) is 11.6 Å². The van der Waals surface area contributed by atoms with E-state index in [-0.39, 0.29) is 5.38 Å². The fourth-order valence-electron chi connectivity index (χ4n) is 1.61. The van der Waals surface area contributed by atoms with E-state index in [0.717, 1.165) is 5.56 Å². The first-order valence-electron chi connectivity index (χ1n) is 5.36. The average Bonchev–Trinajstić information content (AvgIpc) is 2.81. The van der Waals surface area contributed by atoms with Crippen molar-refractivity contribution in [1.29, 1.82) is 0 Å². The van der Waals surface area contributed by atoms with Crippen LogP contribution < -0.4 is 0 Å². The Hall–Kier alpha value is -1.33. The van der Waals surface area contributed by atoms with Crippen LogP contribution in [0.25, 0.3) is 0 Å². The molecule has 2 aromatic rings. The quantitative estimate of drug-likeness (QED) is 0.809. The summed E-state index contributed by atoms with van der Waals surface area (Å²) >= 11 is 6.27. The average molecular weight is 285 g/mol. The maximum absolute atomic E-state index is 11.3. The maximum atomic E-state index is 11.3. The Kier molecular flexibility index (Phi) is 3.73. The van der Waals surface area contributed by atoms with E-state index in [2.05, 4.69) is 4.98 Å². The third-order valence-electron chi connectivity index (χ3n) is 2.60. The molecule has 18 heavy (non-hydrogen) atoms. The second-order valence-electron chi connectivity index (χ2n) is 4.07. The molecular weight excluding hydrogens is 272 g/mol. The molecule has 0 aliphatic rings. The highest BCUT2D eigenvalue weighted by atomic mass is 35.5. The molecule has 0 aliphatic carbocycles. The van der Waals surface area contributed by atoms with Crippen LogP contribution in [0.15, 0.2) is 47.9 Å². The minimum atomic E-state index is -3.15. The summed E-state index contributed by atoms with van der Waals surface area (Å²) in [6.07, 6.45) is 6.41. The Balaban J connectivity index is 2.14. The standard InChI is InChI=1S/C12H13ClN2O2S/c1-18(16,17)11-4-2-10(3-5-11)12(13)8-15-7-6-14-9-15/h2-7,9,12H,8H2,1H3.